The Morgan fingerprint density at radius 1 is 0.559 bits per heavy atom. The van der Waals surface area contributed by atoms with Gasteiger partial charge in [-0.3, -0.25) is 0 Å². The number of carbonyl (C=O) groups excluding carboxylic acids is 4. The molecular weight excluding hydrogens is 440 g/mol. The Bertz CT molecular complexity index is 1220. The van der Waals surface area contributed by atoms with Gasteiger partial charge in [-0.2, -0.15) is 0 Å². The van der Waals surface area contributed by atoms with Crippen LogP contribution < -0.4 is 18.9 Å². The van der Waals surface area contributed by atoms with Crippen LogP contribution in [0, 0.1) is 11.8 Å². The lowest BCUT2D eigenvalue weighted by Crippen LogP contribution is -2.08. The van der Waals surface area contributed by atoms with Gasteiger partial charge in [-0.05, 0) is 24.3 Å². The van der Waals surface area contributed by atoms with Gasteiger partial charge in [-0.25, -0.2) is 19.2 Å². The molecule has 0 fully saturated rings. The minimum Gasteiger partial charge on any atom is -0.423 e. The largest absolute Gasteiger partial charge is 0.423 e. The highest BCUT2D eigenvalue weighted by Gasteiger charge is 2.12. The van der Waals surface area contributed by atoms with Crippen LogP contribution in [0.1, 0.15) is 11.1 Å². The molecule has 2 aromatic carbocycles. The van der Waals surface area contributed by atoms with Gasteiger partial charge in [0.15, 0.2) is 11.5 Å². The highest BCUT2D eigenvalue weighted by molar-refractivity contribution is 5.86. The molecule has 0 radical (unpaired) electrons. The maximum absolute atomic E-state index is 11.6. The summed E-state index contributed by atoms with van der Waals surface area (Å²) >= 11 is 0. The third-order valence-electron chi connectivity index (χ3n) is 3.70. The highest BCUT2D eigenvalue weighted by atomic mass is 16.6. The summed E-state index contributed by atoms with van der Waals surface area (Å²) in [6, 6.07) is 8.49. The molecular formula is C26H18O8. The van der Waals surface area contributed by atoms with Gasteiger partial charge in [0.1, 0.15) is 11.5 Å². The molecule has 0 spiro atoms. The van der Waals surface area contributed by atoms with Crippen molar-refractivity contribution in [2.75, 3.05) is 0 Å². The number of rotatable bonds is 8. The highest BCUT2D eigenvalue weighted by Crippen LogP contribution is 2.29. The molecule has 8 nitrogen and oxygen atoms in total. The molecule has 0 unspecified atom stereocenters. The topological polar surface area (TPSA) is 105 Å². The molecule has 0 aliphatic rings. The van der Waals surface area contributed by atoms with E-state index in [2.05, 4.69) is 38.2 Å². The zero-order valence-corrected chi connectivity index (χ0v) is 17.9. The van der Waals surface area contributed by atoms with Crippen LogP contribution in [0.3, 0.4) is 0 Å². The van der Waals surface area contributed by atoms with E-state index in [1.54, 1.807) is 0 Å². The summed E-state index contributed by atoms with van der Waals surface area (Å²) in [6.45, 7) is 13.3. The van der Waals surface area contributed by atoms with Crippen molar-refractivity contribution in [3.05, 3.63) is 98.1 Å². The van der Waals surface area contributed by atoms with Crippen molar-refractivity contribution in [3.63, 3.8) is 0 Å². The maximum atomic E-state index is 11.6. The molecule has 2 aromatic rings. The predicted molar refractivity (Wildman–Crippen MR) is 122 cm³/mol. The van der Waals surface area contributed by atoms with Gasteiger partial charge >= 0.3 is 23.9 Å². The molecule has 0 heterocycles. The number of hydrogen-bond donors (Lipinski definition) is 0. The third-order valence-corrected chi connectivity index (χ3v) is 3.70. The fourth-order valence-electron chi connectivity index (χ4n) is 2.27. The van der Waals surface area contributed by atoms with Crippen LogP contribution >= 0.6 is 0 Å². The molecule has 0 aliphatic heterocycles. The number of benzene rings is 2. The van der Waals surface area contributed by atoms with Crippen molar-refractivity contribution < 1.29 is 38.1 Å². The zero-order valence-electron chi connectivity index (χ0n) is 17.9. The average molecular weight is 458 g/mol. The van der Waals surface area contributed by atoms with E-state index in [4.69, 9.17) is 18.9 Å². The van der Waals surface area contributed by atoms with Crippen molar-refractivity contribution in [1.29, 1.82) is 0 Å². The Morgan fingerprint density at radius 3 is 1.50 bits per heavy atom. The van der Waals surface area contributed by atoms with Crippen LogP contribution in [0.25, 0.3) is 0 Å². The van der Waals surface area contributed by atoms with Crippen LogP contribution in [-0.4, -0.2) is 23.9 Å². The fraction of sp³-hybridized carbons (Fsp3) is 0. The van der Waals surface area contributed by atoms with Crippen LogP contribution in [0.15, 0.2) is 87.0 Å². The summed E-state index contributed by atoms with van der Waals surface area (Å²) in [5.41, 5.74) is 0.705. The van der Waals surface area contributed by atoms with Crippen LogP contribution in [0.5, 0.6) is 23.0 Å². The second-order valence-corrected chi connectivity index (χ2v) is 6.11. The molecule has 34 heavy (non-hydrogen) atoms. The SMILES string of the molecule is C=CC(=O)Oc1cc(C#Cc2ccc(OC(=O)C=C)c(OC(=O)C=C)c2)cc(OC(=O)C=C)c1. The fourth-order valence-corrected chi connectivity index (χ4v) is 2.27. The zero-order chi connectivity index (χ0) is 25.1. The van der Waals surface area contributed by atoms with Gasteiger partial charge in [-0.15, -0.1) is 0 Å². The predicted octanol–water partition coefficient (Wildman–Crippen LogP) is 3.45. The molecule has 2 rings (SSSR count). The molecule has 170 valence electrons. The Morgan fingerprint density at radius 2 is 1.00 bits per heavy atom. The number of ether oxygens (including phenoxy) is 4. The van der Waals surface area contributed by atoms with E-state index < -0.39 is 23.9 Å². The molecule has 8 heteroatoms. The normalized spacial score (nSPS) is 9.29. The first-order chi connectivity index (χ1) is 16.3. The first kappa shape index (κ1) is 25.1. The summed E-state index contributed by atoms with van der Waals surface area (Å²) < 4.78 is 20.3. The molecule has 0 N–H and O–H groups in total. The minimum absolute atomic E-state index is 0.0254. The number of carbonyl (C=O) groups is 4. The maximum Gasteiger partial charge on any atom is 0.335 e. The van der Waals surface area contributed by atoms with Gasteiger partial charge in [0, 0.05) is 47.6 Å². The summed E-state index contributed by atoms with van der Waals surface area (Å²) in [6.07, 6.45) is 3.84. The lowest BCUT2D eigenvalue weighted by molar-refractivity contribution is -0.131. The molecule has 0 aromatic heterocycles. The van der Waals surface area contributed by atoms with Crippen LogP contribution in [-0.2, 0) is 19.2 Å². The van der Waals surface area contributed by atoms with E-state index in [9.17, 15) is 19.2 Å². The monoisotopic (exact) mass is 458 g/mol. The van der Waals surface area contributed by atoms with Crippen molar-refractivity contribution in [1.82, 2.24) is 0 Å². The van der Waals surface area contributed by atoms with Gasteiger partial charge in [0.05, 0.1) is 0 Å². The second kappa shape index (κ2) is 12.0. The number of hydrogen-bond acceptors (Lipinski definition) is 8. The first-order valence-electron chi connectivity index (χ1n) is 9.46. The molecule has 0 amide bonds. The van der Waals surface area contributed by atoms with E-state index in [0.29, 0.717) is 11.1 Å². The molecule has 0 saturated carbocycles. The van der Waals surface area contributed by atoms with Crippen molar-refractivity contribution >= 4 is 23.9 Å². The Hall–Kier alpha value is -5.16. The molecule has 0 saturated heterocycles. The van der Waals surface area contributed by atoms with Gasteiger partial charge in [-0.1, -0.05) is 38.2 Å². The van der Waals surface area contributed by atoms with Crippen LogP contribution in [0.2, 0.25) is 0 Å². The molecule has 0 atom stereocenters. The van der Waals surface area contributed by atoms with E-state index in [1.165, 1.54) is 36.4 Å². The van der Waals surface area contributed by atoms with Crippen molar-refractivity contribution in [3.8, 4) is 34.8 Å². The first-order valence-corrected chi connectivity index (χ1v) is 9.46. The van der Waals surface area contributed by atoms with E-state index in [1.807, 2.05) is 0 Å². The summed E-state index contributed by atoms with van der Waals surface area (Å²) in [7, 11) is 0. The third kappa shape index (κ3) is 7.51. The van der Waals surface area contributed by atoms with E-state index >= 15 is 0 Å². The van der Waals surface area contributed by atoms with Gasteiger partial charge in [0.2, 0.25) is 0 Å². The standard InChI is InChI=1S/C26H18O8/c1-5-23(27)31-19-13-18(14-20(16-19)32-24(28)6-2)10-9-17-11-12-21(33-25(29)7-3)22(15-17)34-26(30)8-4/h5-8,11-16H,1-4H2. The summed E-state index contributed by atoms with van der Waals surface area (Å²) in [5.74, 6) is 2.73. The molecule has 0 aliphatic carbocycles. The van der Waals surface area contributed by atoms with Gasteiger partial charge in [0.25, 0.3) is 0 Å². The quantitative estimate of drug-likeness (QED) is 0.256. The van der Waals surface area contributed by atoms with E-state index in [-0.39, 0.29) is 23.0 Å². The second-order valence-electron chi connectivity index (χ2n) is 6.11. The lowest BCUT2D eigenvalue weighted by Gasteiger charge is -2.09. The van der Waals surface area contributed by atoms with Gasteiger partial charge < -0.3 is 18.9 Å². The van der Waals surface area contributed by atoms with Crippen LogP contribution in [0.4, 0.5) is 0 Å². The average Bonchev–Trinajstić information content (AvgIpc) is 2.83. The Balaban J connectivity index is 2.46. The Kier molecular flexibility index (Phi) is 8.88. The van der Waals surface area contributed by atoms with Crippen molar-refractivity contribution in [2.45, 2.75) is 0 Å². The summed E-state index contributed by atoms with van der Waals surface area (Å²) in [5, 5.41) is 0. The molecule has 0 bridgehead atoms. The number of esters is 4. The minimum atomic E-state index is -0.772. The smallest absolute Gasteiger partial charge is 0.335 e. The van der Waals surface area contributed by atoms with Crippen molar-refractivity contribution in [2.24, 2.45) is 0 Å². The lowest BCUT2D eigenvalue weighted by atomic mass is 10.1. The Labute approximate surface area is 195 Å². The van der Waals surface area contributed by atoms with E-state index in [0.717, 1.165) is 24.3 Å². The summed E-state index contributed by atoms with van der Waals surface area (Å²) in [4.78, 5) is 46.3.